The van der Waals surface area contributed by atoms with Crippen LogP contribution in [0.3, 0.4) is 0 Å². The third-order valence-electron chi connectivity index (χ3n) is 3.18. The molecule has 0 heterocycles. The zero-order valence-electron chi connectivity index (χ0n) is 12.0. The van der Waals surface area contributed by atoms with E-state index in [0.29, 0.717) is 0 Å². The molecule has 0 saturated heterocycles. The summed E-state index contributed by atoms with van der Waals surface area (Å²) in [6.45, 7) is 6.44. The average Bonchev–Trinajstić information content (AvgIpc) is 2.38. The first-order valence-corrected chi connectivity index (χ1v) is 7.42. The van der Waals surface area contributed by atoms with Crippen LogP contribution in [0.25, 0.3) is 0 Å². The van der Waals surface area contributed by atoms with Gasteiger partial charge in [-0.15, -0.1) is 0 Å². The van der Waals surface area contributed by atoms with Crippen LogP contribution in [0, 0.1) is 5.41 Å². The number of nitrogens with one attached hydrogen (secondary N) is 1. The molecule has 0 bridgehead atoms. The van der Waals surface area contributed by atoms with E-state index >= 15 is 0 Å². The van der Waals surface area contributed by atoms with Crippen molar-refractivity contribution in [3.63, 3.8) is 0 Å². The van der Waals surface area contributed by atoms with Crippen LogP contribution in [0.2, 0.25) is 0 Å². The molecule has 1 aromatic carbocycles. The molecule has 0 spiro atoms. The first kappa shape index (κ1) is 16.5. The van der Waals surface area contributed by atoms with E-state index in [0.717, 1.165) is 36.2 Å². The third-order valence-corrected chi connectivity index (χ3v) is 3.96. The highest BCUT2D eigenvalue weighted by molar-refractivity contribution is 9.10. The van der Waals surface area contributed by atoms with E-state index in [4.69, 9.17) is 9.84 Å². The van der Waals surface area contributed by atoms with Gasteiger partial charge in [-0.05, 0) is 42.0 Å². The number of hydrogen-bond acceptors (Lipinski definition) is 3. The Morgan fingerprint density at radius 1 is 1.37 bits per heavy atom. The van der Waals surface area contributed by atoms with Crippen molar-refractivity contribution in [1.29, 1.82) is 0 Å². The maximum Gasteiger partial charge on any atom is 0.119 e. The minimum absolute atomic E-state index is 0.202. The molecule has 1 rings (SSSR count). The monoisotopic (exact) mass is 329 g/mol. The topological polar surface area (TPSA) is 41.5 Å². The maximum absolute atomic E-state index is 8.89. The molecule has 0 saturated carbocycles. The first-order valence-electron chi connectivity index (χ1n) is 6.62. The molecule has 0 fully saturated rings. The van der Waals surface area contributed by atoms with Crippen LogP contribution in [-0.4, -0.2) is 25.4 Å². The quantitative estimate of drug-likeness (QED) is 0.768. The molecule has 0 unspecified atom stereocenters. The fourth-order valence-corrected chi connectivity index (χ4v) is 2.38. The number of benzene rings is 1. The second-order valence-corrected chi connectivity index (χ2v) is 6.41. The second kappa shape index (κ2) is 7.88. The zero-order valence-corrected chi connectivity index (χ0v) is 13.6. The number of aliphatic hydroxyl groups is 1. The van der Waals surface area contributed by atoms with Gasteiger partial charge >= 0.3 is 0 Å². The summed E-state index contributed by atoms with van der Waals surface area (Å²) >= 11 is 3.55. The molecule has 108 valence electrons. The number of halogens is 1. The summed E-state index contributed by atoms with van der Waals surface area (Å²) in [5.74, 6) is 0.875. The van der Waals surface area contributed by atoms with Gasteiger partial charge in [-0.2, -0.15) is 0 Å². The van der Waals surface area contributed by atoms with Crippen molar-refractivity contribution in [3.05, 3.63) is 28.2 Å². The van der Waals surface area contributed by atoms with Gasteiger partial charge in [-0.25, -0.2) is 0 Å². The van der Waals surface area contributed by atoms with E-state index in [9.17, 15) is 0 Å². The summed E-state index contributed by atoms with van der Waals surface area (Å²) in [5.41, 5.74) is 1.39. The van der Waals surface area contributed by atoms with Gasteiger partial charge in [0, 0.05) is 24.2 Å². The van der Waals surface area contributed by atoms with Crippen LogP contribution < -0.4 is 10.1 Å². The number of ether oxygens (including phenoxy) is 1. The summed E-state index contributed by atoms with van der Waals surface area (Å²) in [6.07, 6.45) is 1.88. The van der Waals surface area contributed by atoms with Gasteiger partial charge in [-0.3, -0.25) is 0 Å². The normalized spacial score (nSPS) is 11.6. The molecule has 4 heteroatoms. The molecule has 3 nitrogen and oxygen atoms in total. The molecule has 0 aliphatic heterocycles. The molecule has 1 aromatic rings. The number of rotatable bonds is 8. The second-order valence-electron chi connectivity index (χ2n) is 5.55. The first-order chi connectivity index (χ1) is 8.98. The fraction of sp³-hybridized carbons (Fsp3) is 0.600. The van der Waals surface area contributed by atoms with Gasteiger partial charge in [0.25, 0.3) is 0 Å². The standard InChI is InChI=1S/C15H24BrNO2/c1-15(2,7-4-8-18)11-17-10-12-9-13(19-3)5-6-14(12)16/h5-6,9,17-18H,4,7-8,10-11H2,1-3H3. The predicted octanol–water partition coefficient (Wildman–Crippen LogP) is 3.35. The Balaban J connectivity index is 2.48. The van der Waals surface area contributed by atoms with Gasteiger partial charge in [0.1, 0.15) is 5.75 Å². The van der Waals surface area contributed by atoms with Crippen molar-refractivity contribution in [2.45, 2.75) is 33.2 Å². The molecule has 0 atom stereocenters. The highest BCUT2D eigenvalue weighted by Crippen LogP contribution is 2.24. The Morgan fingerprint density at radius 3 is 2.74 bits per heavy atom. The fourth-order valence-electron chi connectivity index (χ4n) is 2.00. The minimum atomic E-state index is 0.202. The lowest BCUT2D eigenvalue weighted by Gasteiger charge is -2.25. The Kier molecular flexibility index (Phi) is 6.83. The Labute approximate surface area is 124 Å². The Morgan fingerprint density at radius 2 is 2.11 bits per heavy atom. The zero-order chi connectivity index (χ0) is 14.3. The summed E-state index contributed by atoms with van der Waals surface area (Å²) in [7, 11) is 1.68. The highest BCUT2D eigenvalue weighted by Gasteiger charge is 2.16. The number of aliphatic hydroxyl groups excluding tert-OH is 1. The van der Waals surface area contributed by atoms with E-state index in [-0.39, 0.29) is 12.0 Å². The molecular weight excluding hydrogens is 306 g/mol. The Hall–Kier alpha value is -0.580. The summed E-state index contributed by atoms with van der Waals surface area (Å²) in [6, 6.07) is 5.99. The van der Waals surface area contributed by atoms with E-state index in [2.05, 4.69) is 35.1 Å². The van der Waals surface area contributed by atoms with E-state index in [1.807, 2.05) is 18.2 Å². The lowest BCUT2D eigenvalue weighted by atomic mass is 9.88. The molecule has 0 aliphatic rings. The van der Waals surface area contributed by atoms with Gasteiger partial charge in [0.2, 0.25) is 0 Å². The minimum Gasteiger partial charge on any atom is -0.497 e. The number of methoxy groups -OCH3 is 1. The van der Waals surface area contributed by atoms with Crippen molar-refractivity contribution in [2.75, 3.05) is 20.3 Å². The Bertz CT molecular complexity index is 394. The third kappa shape index (κ3) is 5.93. The molecule has 2 N–H and O–H groups in total. The van der Waals surface area contributed by atoms with Crippen molar-refractivity contribution >= 4 is 15.9 Å². The molecule has 0 aromatic heterocycles. The van der Waals surface area contributed by atoms with Crippen LogP contribution >= 0.6 is 15.9 Å². The van der Waals surface area contributed by atoms with Crippen molar-refractivity contribution < 1.29 is 9.84 Å². The van der Waals surface area contributed by atoms with E-state index in [1.54, 1.807) is 7.11 Å². The van der Waals surface area contributed by atoms with Gasteiger partial charge < -0.3 is 15.2 Å². The lowest BCUT2D eigenvalue weighted by molar-refractivity contribution is 0.236. The van der Waals surface area contributed by atoms with Crippen LogP contribution in [0.15, 0.2) is 22.7 Å². The largest absolute Gasteiger partial charge is 0.497 e. The predicted molar refractivity (Wildman–Crippen MR) is 82.5 cm³/mol. The molecule has 0 amide bonds. The van der Waals surface area contributed by atoms with Gasteiger partial charge in [0.15, 0.2) is 0 Å². The van der Waals surface area contributed by atoms with Crippen LogP contribution in [0.1, 0.15) is 32.3 Å². The van der Waals surface area contributed by atoms with Gasteiger partial charge in [-0.1, -0.05) is 29.8 Å². The maximum atomic E-state index is 8.89. The molecule has 0 radical (unpaired) electrons. The van der Waals surface area contributed by atoms with Crippen LogP contribution in [0.5, 0.6) is 5.75 Å². The lowest BCUT2D eigenvalue weighted by Crippen LogP contribution is -2.29. The van der Waals surface area contributed by atoms with Crippen molar-refractivity contribution in [3.8, 4) is 5.75 Å². The van der Waals surface area contributed by atoms with Crippen LogP contribution in [-0.2, 0) is 6.54 Å². The number of hydrogen-bond donors (Lipinski definition) is 2. The SMILES string of the molecule is COc1ccc(Br)c(CNCC(C)(C)CCCO)c1. The highest BCUT2D eigenvalue weighted by atomic mass is 79.9. The van der Waals surface area contributed by atoms with Crippen molar-refractivity contribution in [2.24, 2.45) is 5.41 Å². The van der Waals surface area contributed by atoms with Crippen molar-refractivity contribution in [1.82, 2.24) is 5.32 Å². The average molecular weight is 330 g/mol. The molecule has 19 heavy (non-hydrogen) atoms. The van der Waals surface area contributed by atoms with E-state index < -0.39 is 0 Å². The molecular formula is C15H24BrNO2. The summed E-state index contributed by atoms with van der Waals surface area (Å²) in [4.78, 5) is 0. The summed E-state index contributed by atoms with van der Waals surface area (Å²) < 4.78 is 6.33. The van der Waals surface area contributed by atoms with E-state index in [1.165, 1.54) is 5.56 Å². The van der Waals surface area contributed by atoms with Crippen LogP contribution in [0.4, 0.5) is 0 Å². The summed E-state index contributed by atoms with van der Waals surface area (Å²) in [5, 5.41) is 12.4. The van der Waals surface area contributed by atoms with Gasteiger partial charge in [0.05, 0.1) is 7.11 Å². The smallest absolute Gasteiger partial charge is 0.119 e. The molecule has 0 aliphatic carbocycles.